The summed E-state index contributed by atoms with van der Waals surface area (Å²) in [5.74, 6) is 1.23. The Morgan fingerprint density at radius 3 is 2.77 bits per heavy atom. The van der Waals surface area contributed by atoms with Crippen molar-refractivity contribution in [1.29, 1.82) is 0 Å². The summed E-state index contributed by atoms with van der Waals surface area (Å²) in [6.45, 7) is 3.06. The molecule has 8 atom stereocenters. The Hall–Kier alpha value is -1.63. The topological polar surface area (TPSA) is 38.3 Å². The van der Waals surface area contributed by atoms with Crippen molar-refractivity contribution in [1.82, 2.24) is 5.32 Å². The Kier molecular flexibility index (Phi) is 5.56. The van der Waals surface area contributed by atoms with Crippen molar-refractivity contribution in [2.24, 2.45) is 34.5 Å². The zero-order valence-corrected chi connectivity index (χ0v) is 20.3. The van der Waals surface area contributed by atoms with Gasteiger partial charge in [-0.3, -0.25) is 4.79 Å². The molecule has 4 fully saturated rings. The van der Waals surface area contributed by atoms with Gasteiger partial charge in [-0.25, -0.2) is 4.39 Å². The van der Waals surface area contributed by atoms with Gasteiger partial charge in [0, 0.05) is 12.6 Å². The van der Waals surface area contributed by atoms with Crippen molar-refractivity contribution in [3.05, 3.63) is 34.9 Å². The number of alkyl halides is 4. The molecule has 1 aliphatic heterocycles. The molecule has 1 saturated heterocycles. The number of amides is 1. The third-order valence-corrected chi connectivity index (χ3v) is 10.6. The molecular formula is C28H35F4NO2. The second-order valence-corrected chi connectivity index (χ2v) is 12.1. The molecule has 7 heteroatoms. The van der Waals surface area contributed by atoms with Crippen molar-refractivity contribution in [3.63, 3.8) is 0 Å². The summed E-state index contributed by atoms with van der Waals surface area (Å²) >= 11 is 0. The standard InChI is InChI=1S/C28H35F4NO2/c1-16-24(22-8-10-35-14-23(22)29)27(16)13-20-3-2-9-26(20,15-27)25(34)33-21-7-5-17-4-6-19(28(30,31)32)11-18(17)12-21/h4,6,11,16,20-24H,2-3,5,7-10,12-15H2,1H3,(H,33,34)/t16?,20?,21?,22-,23+,24?,26-,27?/m1/s1. The minimum Gasteiger partial charge on any atom is -0.378 e. The lowest BCUT2D eigenvalue weighted by Gasteiger charge is -2.33. The minimum absolute atomic E-state index is 0.0374. The molecule has 1 spiro atoms. The van der Waals surface area contributed by atoms with Crippen molar-refractivity contribution >= 4 is 5.91 Å². The van der Waals surface area contributed by atoms with Crippen molar-refractivity contribution in [2.75, 3.05) is 13.2 Å². The van der Waals surface area contributed by atoms with E-state index >= 15 is 0 Å². The smallest absolute Gasteiger partial charge is 0.378 e. The molecule has 0 bridgehead atoms. The summed E-state index contributed by atoms with van der Waals surface area (Å²) in [4.78, 5) is 13.8. The van der Waals surface area contributed by atoms with Gasteiger partial charge in [0.15, 0.2) is 0 Å². The van der Waals surface area contributed by atoms with Gasteiger partial charge >= 0.3 is 6.18 Å². The Morgan fingerprint density at radius 2 is 2.00 bits per heavy atom. The fourth-order valence-corrected chi connectivity index (χ4v) is 8.82. The first kappa shape index (κ1) is 23.7. The molecule has 1 heterocycles. The van der Waals surface area contributed by atoms with Crippen LogP contribution in [0.5, 0.6) is 0 Å². The van der Waals surface area contributed by atoms with Crippen LogP contribution in [0.15, 0.2) is 18.2 Å². The predicted molar refractivity (Wildman–Crippen MR) is 123 cm³/mol. The fourth-order valence-electron chi connectivity index (χ4n) is 8.82. The number of ether oxygens (including phenoxy) is 1. The van der Waals surface area contributed by atoms with E-state index in [4.69, 9.17) is 4.74 Å². The summed E-state index contributed by atoms with van der Waals surface area (Å²) in [6, 6.07) is 3.87. The molecule has 3 saturated carbocycles. The van der Waals surface area contributed by atoms with Gasteiger partial charge in [-0.2, -0.15) is 13.2 Å². The molecule has 35 heavy (non-hydrogen) atoms. The molecule has 3 nitrogen and oxygen atoms in total. The average Bonchev–Trinajstić information content (AvgIpc) is 3.09. The molecule has 1 N–H and O–H groups in total. The van der Waals surface area contributed by atoms with E-state index in [2.05, 4.69) is 12.2 Å². The van der Waals surface area contributed by atoms with E-state index in [-0.39, 0.29) is 29.9 Å². The number of hydrogen-bond donors (Lipinski definition) is 1. The number of fused-ring (bicyclic) bond motifs is 2. The van der Waals surface area contributed by atoms with E-state index in [0.29, 0.717) is 42.8 Å². The number of carbonyl (C=O) groups excluding carboxylic acids is 1. The highest BCUT2D eigenvalue weighted by molar-refractivity contribution is 5.84. The van der Waals surface area contributed by atoms with Crippen molar-refractivity contribution < 1.29 is 27.1 Å². The van der Waals surface area contributed by atoms with Gasteiger partial charge in [-0.1, -0.05) is 19.4 Å². The predicted octanol–water partition coefficient (Wildman–Crippen LogP) is 5.89. The van der Waals surface area contributed by atoms with Crippen LogP contribution in [0.3, 0.4) is 0 Å². The van der Waals surface area contributed by atoms with Crippen LogP contribution in [-0.2, 0) is 28.5 Å². The third-order valence-electron chi connectivity index (χ3n) is 10.6. The van der Waals surface area contributed by atoms with Crippen LogP contribution in [0, 0.1) is 34.5 Å². The van der Waals surface area contributed by atoms with Crippen LogP contribution in [0.25, 0.3) is 0 Å². The van der Waals surface area contributed by atoms with Crippen molar-refractivity contribution in [2.45, 2.75) is 83.1 Å². The summed E-state index contributed by atoms with van der Waals surface area (Å²) < 4.78 is 59.7. The summed E-state index contributed by atoms with van der Waals surface area (Å²) in [6.07, 6.45) is 2.18. The van der Waals surface area contributed by atoms with Crippen LogP contribution in [0.4, 0.5) is 17.6 Å². The Balaban J connectivity index is 1.17. The minimum atomic E-state index is -4.36. The van der Waals surface area contributed by atoms with Crippen LogP contribution >= 0.6 is 0 Å². The molecule has 1 amide bonds. The zero-order valence-electron chi connectivity index (χ0n) is 20.3. The number of rotatable bonds is 3. The van der Waals surface area contributed by atoms with Gasteiger partial charge in [0.05, 0.1) is 17.6 Å². The van der Waals surface area contributed by atoms with Crippen LogP contribution in [-0.4, -0.2) is 31.3 Å². The molecule has 192 valence electrons. The highest BCUT2D eigenvalue weighted by atomic mass is 19.4. The van der Waals surface area contributed by atoms with E-state index < -0.39 is 23.3 Å². The van der Waals surface area contributed by atoms with Crippen LogP contribution < -0.4 is 5.32 Å². The summed E-state index contributed by atoms with van der Waals surface area (Å²) in [5, 5.41) is 3.29. The Labute approximate surface area is 204 Å². The normalized spacial score (nSPS) is 42.5. The molecule has 1 aromatic rings. The highest BCUT2D eigenvalue weighted by Gasteiger charge is 2.74. The second kappa shape index (κ2) is 8.19. The first-order chi connectivity index (χ1) is 16.6. The fraction of sp³-hybridized carbons (Fsp3) is 0.750. The van der Waals surface area contributed by atoms with Gasteiger partial charge in [-0.15, -0.1) is 0 Å². The molecule has 5 unspecified atom stereocenters. The van der Waals surface area contributed by atoms with Gasteiger partial charge < -0.3 is 10.1 Å². The lowest BCUT2D eigenvalue weighted by Crippen LogP contribution is -2.47. The Bertz CT molecular complexity index is 1010. The SMILES string of the molecule is CC1C([C@@H]2CCOC[C@@H]2F)C12CC1CCC[C@@]1(C(=O)NC1CCc3ccc(C(F)(F)F)cc3C1)C2. The van der Waals surface area contributed by atoms with Crippen LogP contribution in [0.1, 0.15) is 68.6 Å². The molecule has 5 aliphatic rings. The molecular weight excluding hydrogens is 458 g/mol. The van der Waals surface area contributed by atoms with Gasteiger partial charge in [-0.05, 0) is 104 Å². The molecule has 0 radical (unpaired) electrons. The number of halogens is 4. The molecule has 4 aliphatic carbocycles. The first-order valence-corrected chi connectivity index (χ1v) is 13.4. The van der Waals surface area contributed by atoms with E-state index in [1.165, 1.54) is 6.07 Å². The molecule has 0 aromatic heterocycles. The number of nitrogens with one attached hydrogen (secondary N) is 1. The third kappa shape index (κ3) is 3.74. The van der Waals surface area contributed by atoms with E-state index in [0.717, 1.165) is 56.6 Å². The lowest BCUT2D eigenvalue weighted by atomic mass is 9.77. The molecule has 1 aromatic carbocycles. The van der Waals surface area contributed by atoms with E-state index in [1.54, 1.807) is 6.07 Å². The monoisotopic (exact) mass is 493 g/mol. The van der Waals surface area contributed by atoms with Gasteiger partial charge in [0.25, 0.3) is 0 Å². The number of aryl methyl sites for hydroxylation is 1. The second-order valence-electron chi connectivity index (χ2n) is 12.1. The summed E-state index contributed by atoms with van der Waals surface area (Å²) in [7, 11) is 0. The maximum Gasteiger partial charge on any atom is 0.416 e. The largest absolute Gasteiger partial charge is 0.416 e. The average molecular weight is 494 g/mol. The Morgan fingerprint density at radius 1 is 1.17 bits per heavy atom. The van der Waals surface area contributed by atoms with Gasteiger partial charge in [0.2, 0.25) is 5.91 Å². The quantitative estimate of drug-likeness (QED) is 0.534. The van der Waals surface area contributed by atoms with Crippen molar-refractivity contribution in [3.8, 4) is 0 Å². The van der Waals surface area contributed by atoms with Crippen LogP contribution in [0.2, 0.25) is 0 Å². The summed E-state index contributed by atoms with van der Waals surface area (Å²) in [5.41, 5.74) is 0.698. The number of benzene rings is 1. The first-order valence-electron chi connectivity index (χ1n) is 13.4. The van der Waals surface area contributed by atoms with E-state index in [9.17, 15) is 22.4 Å². The van der Waals surface area contributed by atoms with E-state index in [1.807, 2.05) is 0 Å². The number of carbonyl (C=O) groups is 1. The lowest BCUT2D eigenvalue weighted by molar-refractivity contribution is -0.137. The maximum atomic E-state index is 14.8. The maximum absolute atomic E-state index is 14.8. The highest BCUT2D eigenvalue weighted by Crippen LogP contribution is 2.78. The zero-order chi connectivity index (χ0) is 24.6. The van der Waals surface area contributed by atoms with Gasteiger partial charge in [0.1, 0.15) is 6.17 Å². The molecule has 6 rings (SSSR count). The number of hydrogen-bond acceptors (Lipinski definition) is 2.